The molecule has 0 aromatic heterocycles. The van der Waals surface area contributed by atoms with E-state index in [-0.39, 0.29) is 22.6 Å². The molecule has 0 bridgehead atoms. The van der Waals surface area contributed by atoms with Gasteiger partial charge in [-0.05, 0) is 38.7 Å². The predicted molar refractivity (Wildman–Crippen MR) is 148 cm³/mol. The van der Waals surface area contributed by atoms with Crippen LogP contribution in [0.5, 0.6) is 0 Å². The quantitative estimate of drug-likeness (QED) is 0.287. The molecule has 0 aliphatic carbocycles. The third-order valence-corrected chi connectivity index (χ3v) is 9.01. The van der Waals surface area contributed by atoms with Gasteiger partial charge in [-0.3, -0.25) is 14.4 Å². The Kier molecular flexibility index (Phi) is 7.70. The first-order valence-electron chi connectivity index (χ1n) is 12.8. The summed E-state index contributed by atoms with van der Waals surface area (Å²) in [5, 5.41) is 11.7. The molecular weight excluding hydrogens is 520 g/mol. The number of hydrogen-bond acceptors (Lipinski definition) is 7. The molecule has 1 saturated heterocycles. The van der Waals surface area contributed by atoms with Crippen molar-refractivity contribution in [3.63, 3.8) is 0 Å². The number of para-hydroxylation sites is 1. The Morgan fingerprint density at radius 2 is 1.67 bits per heavy atom. The lowest BCUT2D eigenvalue weighted by Gasteiger charge is -2.35. The second-order valence-electron chi connectivity index (χ2n) is 10.2. The molecule has 2 aliphatic rings. The Morgan fingerprint density at radius 1 is 0.974 bits per heavy atom. The van der Waals surface area contributed by atoms with E-state index in [1.165, 1.54) is 43.3 Å². The molecule has 1 N–H and O–H groups in total. The number of rotatable bonds is 9. The number of sulfonamides is 1. The molecule has 2 amide bonds. The number of fused-ring (bicyclic) bond motifs is 2. The Morgan fingerprint density at radius 3 is 2.31 bits per heavy atom. The second kappa shape index (κ2) is 10.6. The van der Waals surface area contributed by atoms with Gasteiger partial charge in [-0.15, -0.1) is 0 Å². The van der Waals surface area contributed by atoms with Crippen LogP contribution in [0.2, 0.25) is 0 Å². The number of hydrogen-bond donors (Lipinski definition) is 1. The number of ketones is 1. The van der Waals surface area contributed by atoms with Gasteiger partial charge in [-0.25, -0.2) is 12.7 Å². The third-order valence-electron chi connectivity index (χ3n) is 7.20. The predicted octanol–water partition coefficient (Wildman–Crippen LogP) is 2.22. The normalized spacial score (nSPS) is 20.6. The number of anilines is 1. The van der Waals surface area contributed by atoms with Gasteiger partial charge < -0.3 is 19.8 Å². The molecule has 1 atom stereocenters. The van der Waals surface area contributed by atoms with E-state index in [0.717, 1.165) is 10.7 Å². The van der Waals surface area contributed by atoms with Gasteiger partial charge in [0.1, 0.15) is 5.76 Å². The molecule has 2 aliphatic heterocycles. The minimum atomic E-state index is -3.86. The summed E-state index contributed by atoms with van der Waals surface area (Å²) < 4.78 is 26.6. The van der Waals surface area contributed by atoms with Crippen molar-refractivity contribution in [1.82, 2.24) is 14.1 Å². The zero-order valence-corrected chi connectivity index (χ0v) is 23.7. The molecule has 1 fully saturated rings. The number of nitrogens with zero attached hydrogens (tertiary/aromatic N) is 4. The van der Waals surface area contributed by atoms with E-state index in [1.807, 2.05) is 25.9 Å². The first-order chi connectivity index (χ1) is 18.4. The summed E-state index contributed by atoms with van der Waals surface area (Å²) in [4.78, 5) is 46.2. The molecular formula is C28H34N4O6S. The van der Waals surface area contributed by atoms with E-state index >= 15 is 0 Å². The van der Waals surface area contributed by atoms with E-state index in [9.17, 15) is 27.9 Å². The number of carbonyl (C=O) groups excluding carboxylic acids is 3. The van der Waals surface area contributed by atoms with Crippen LogP contribution in [-0.2, 0) is 29.9 Å². The lowest BCUT2D eigenvalue weighted by Crippen LogP contribution is -2.53. The SMILES string of the molecule is CCCCN1C(=O)C2(/C(=C(/O)c3cccc(S(=O)(=O)N(C)C)c3)C(=O)C(=O)N2CCN(C)C)c2ccccc21. The Balaban J connectivity index is 2.03. The summed E-state index contributed by atoms with van der Waals surface area (Å²) in [7, 11) is 2.55. The van der Waals surface area contributed by atoms with E-state index in [4.69, 9.17) is 0 Å². The highest BCUT2D eigenvalue weighted by Crippen LogP contribution is 2.53. The van der Waals surface area contributed by atoms with E-state index in [0.29, 0.717) is 30.8 Å². The molecule has 4 rings (SSSR count). The summed E-state index contributed by atoms with van der Waals surface area (Å²) in [6, 6.07) is 12.5. The van der Waals surface area contributed by atoms with Crippen LogP contribution in [0.15, 0.2) is 59.0 Å². The molecule has 10 nitrogen and oxygen atoms in total. The number of unbranched alkanes of at least 4 members (excludes halogenated alkanes) is 1. The van der Waals surface area contributed by atoms with E-state index in [2.05, 4.69) is 0 Å². The highest BCUT2D eigenvalue weighted by molar-refractivity contribution is 7.89. The minimum absolute atomic E-state index is 0.0141. The molecule has 2 aromatic rings. The number of likely N-dealkylation sites (N-methyl/N-ethyl adjacent to an activating group) is 1. The summed E-state index contributed by atoms with van der Waals surface area (Å²) in [5.74, 6) is -2.98. The molecule has 0 saturated carbocycles. The van der Waals surface area contributed by atoms with Crippen LogP contribution < -0.4 is 4.90 Å². The average Bonchev–Trinajstić information content (AvgIpc) is 3.28. The van der Waals surface area contributed by atoms with Crippen molar-refractivity contribution < 1.29 is 27.9 Å². The third kappa shape index (κ3) is 4.44. The number of aliphatic hydroxyl groups is 1. The number of carbonyl (C=O) groups is 3. The fourth-order valence-corrected chi connectivity index (χ4v) is 6.11. The van der Waals surface area contributed by atoms with E-state index in [1.54, 1.807) is 29.2 Å². The number of likely N-dealkylation sites (tertiary alicyclic amines) is 1. The minimum Gasteiger partial charge on any atom is -0.507 e. The van der Waals surface area contributed by atoms with Crippen LogP contribution in [0.4, 0.5) is 5.69 Å². The Hall–Kier alpha value is -3.54. The molecule has 2 aromatic carbocycles. The van der Waals surface area contributed by atoms with Crippen molar-refractivity contribution in [2.45, 2.75) is 30.2 Å². The van der Waals surface area contributed by atoms with Crippen molar-refractivity contribution in [2.24, 2.45) is 0 Å². The smallest absolute Gasteiger partial charge is 0.296 e. The zero-order chi connectivity index (χ0) is 28.7. The fourth-order valence-electron chi connectivity index (χ4n) is 5.16. The molecule has 208 valence electrons. The maximum absolute atomic E-state index is 14.4. The average molecular weight is 555 g/mol. The summed E-state index contributed by atoms with van der Waals surface area (Å²) in [6.07, 6.45) is 1.52. The number of Topliss-reactive ketones (excluding diaryl/α,β-unsaturated/α-hetero) is 1. The van der Waals surface area contributed by atoms with Gasteiger partial charge in [0, 0.05) is 44.9 Å². The fraction of sp³-hybridized carbons (Fsp3) is 0.393. The van der Waals surface area contributed by atoms with Crippen molar-refractivity contribution >= 4 is 39.1 Å². The van der Waals surface area contributed by atoms with Gasteiger partial charge in [0.15, 0.2) is 5.54 Å². The lowest BCUT2D eigenvalue weighted by molar-refractivity contribution is -0.143. The van der Waals surface area contributed by atoms with Crippen LogP contribution in [0.1, 0.15) is 30.9 Å². The van der Waals surface area contributed by atoms with Gasteiger partial charge in [0.25, 0.3) is 17.6 Å². The summed E-state index contributed by atoms with van der Waals surface area (Å²) in [6.45, 7) is 2.81. The number of amides is 2. The molecule has 0 radical (unpaired) electrons. The molecule has 11 heteroatoms. The maximum atomic E-state index is 14.4. The van der Waals surface area contributed by atoms with Crippen molar-refractivity contribution in [3.8, 4) is 0 Å². The molecule has 1 unspecified atom stereocenters. The van der Waals surface area contributed by atoms with Crippen LogP contribution in [-0.4, -0.2) is 93.1 Å². The van der Waals surface area contributed by atoms with Crippen molar-refractivity contribution in [1.29, 1.82) is 0 Å². The van der Waals surface area contributed by atoms with E-state index < -0.39 is 38.9 Å². The van der Waals surface area contributed by atoms with Crippen LogP contribution in [0.3, 0.4) is 0 Å². The van der Waals surface area contributed by atoms with Crippen LogP contribution >= 0.6 is 0 Å². The largest absolute Gasteiger partial charge is 0.507 e. The first-order valence-corrected chi connectivity index (χ1v) is 14.2. The first kappa shape index (κ1) is 28.5. The van der Waals surface area contributed by atoms with Gasteiger partial charge in [0.05, 0.1) is 16.2 Å². The second-order valence-corrected chi connectivity index (χ2v) is 12.3. The Labute approximate surface area is 229 Å². The lowest BCUT2D eigenvalue weighted by atomic mass is 9.82. The molecule has 2 heterocycles. The standard InChI is InChI=1S/C28H34N4O6S/c1-6-7-15-31-22-14-9-8-13-21(22)28(27(31)36)23(25(34)26(35)32(28)17-16-29(2)3)24(33)19-11-10-12-20(18-19)39(37,38)30(4)5/h8-14,18,33H,6-7,15-17H2,1-5H3/b24-23+. The highest BCUT2D eigenvalue weighted by Gasteiger charge is 2.66. The molecule has 1 spiro atoms. The molecule has 39 heavy (non-hydrogen) atoms. The van der Waals surface area contributed by atoms with Crippen molar-refractivity contribution in [3.05, 3.63) is 65.2 Å². The number of benzene rings is 2. The summed E-state index contributed by atoms with van der Waals surface area (Å²) >= 11 is 0. The van der Waals surface area contributed by atoms with Gasteiger partial charge in [-0.2, -0.15) is 0 Å². The van der Waals surface area contributed by atoms with Crippen LogP contribution in [0, 0.1) is 0 Å². The van der Waals surface area contributed by atoms with Gasteiger partial charge in [0.2, 0.25) is 10.0 Å². The van der Waals surface area contributed by atoms with Gasteiger partial charge >= 0.3 is 0 Å². The zero-order valence-electron chi connectivity index (χ0n) is 22.8. The number of aliphatic hydroxyl groups excluding tert-OH is 1. The van der Waals surface area contributed by atoms with Crippen LogP contribution in [0.25, 0.3) is 5.76 Å². The summed E-state index contributed by atoms with van der Waals surface area (Å²) in [5.41, 5.74) is -1.22. The maximum Gasteiger partial charge on any atom is 0.296 e. The highest BCUT2D eigenvalue weighted by atomic mass is 32.2. The van der Waals surface area contributed by atoms with Gasteiger partial charge in [-0.1, -0.05) is 43.7 Å². The van der Waals surface area contributed by atoms with Crippen molar-refractivity contribution in [2.75, 3.05) is 52.7 Å². The monoisotopic (exact) mass is 554 g/mol. The Bertz CT molecular complexity index is 1470. The topological polar surface area (TPSA) is 119 Å².